The van der Waals surface area contributed by atoms with E-state index >= 15 is 0 Å². The molecule has 0 heterocycles. The third-order valence-electron chi connectivity index (χ3n) is 3.62. The summed E-state index contributed by atoms with van der Waals surface area (Å²) >= 11 is 36.3. The molecule has 0 spiro atoms. The Bertz CT molecular complexity index is 855. The molecule has 148 valence electrons. The topological polar surface area (TPSA) is 35.5 Å². The second kappa shape index (κ2) is 10.1. The minimum absolute atomic E-state index is 0.135. The van der Waals surface area contributed by atoms with Gasteiger partial charge in [0.25, 0.3) is 0 Å². The van der Waals surface area contributed by atoms with Crippen molar-refractivity contribution in [2.24, 2.45) is 0 Å². The maximum Gasteiger partial charge on any atom is 0.510 e. The number of hydrogen-bond acceptors (Lipinski definition) is 3. The highest BCUT2D eigenvalue weighted by molar-refractivity contribution is 6.49. The molecule has 0 saturated heterocycles. The smallest absolute Gasteiger partial charge is 0.422 e. The van der Waals surface area contributed by atoms with Crippen molar-refractivity contribution in [2.45, 2.75) is 12.2 Å². The summed E-state index contributed by atoms with van der Waals surface area (Å²) in [4.78, 5) is 12.3. The van der Waals surface area contributed by atoms with Crippen molar-refractivity contribution in [3.63, 3.8) is 0 Å². The lowest BCUT2D eigenvalue weighted by atomic mass is 10.1. The zero-order chi connectivity index (χ0) is 21.0. The van der Waals surface area contributed by atoms with Crippen LogP contribution in [0.3, 0.4) is 0 Å². The van der Waals surface area contributed by atoms with E-state index in [1.807, 2.05) is 0 Å². The summed E-state index contributed by atoms with van der Waals surface area (Å²) in [6, 6.07) is 6.19. The molecule has 0 bridgehead atoms. The molecule has 0 aromatic heterocycles. The molecule has 28 heavy (non-hydrogen) atoms. The Kier molecular flexibility index (Phi) is 8.38. The van der Waals surface area contributed by atoms with Gasteiger partial charge in [-0.1, -0.05) is 94.9 Å². The molecule has 0 fully saturated rings. The highest BCUT2D eigenvalue weighted by atomic mass is 35.5. The zero-order valence-electron chi connectivity index (χ0n) is 14.0. The quantitative estimate of drug-likeness (QED) is 0.225. The SMILES string of the molecule is C=CC(OC(=O)OC(C=C)c1ccc(Cl)c(Cl)c1Cl)c1ccc(Cl)c(Cl)c1Cl. The molecule has 3 nitrogen and oxygen atoms in total. The molecule has 0 amide bonds. The maximum atomic E-state index is 12.3. The normalized spacial score (nSPS) is 12.8. The maximum absolute atomic E-state index is 12.3. The van der Waals surface area contributed by atoms with Crippen LogP contribution >= 0.6 is 69.6 Å². The molecule has 0 N–H and O–H groups in total. The van der Waals surface area contributed by atoms with Crippen molar-refractivity contribution < 1.29 is 14.3 Å². The van der Waals surface area contributed by atoms with Gasteiger partial charge in [0.15, 0.2) is 0 Å². The van der Waals surface area contributed by atoms with Gasteiger partial charge in [-0.2, -0.15) is 0 Å². The van der Waals surface area contributed by atoms with Crippen molar-refractivity contribution in [1.29, 1.82) is 0 Å². The van der Waals surface area contributed by atoms with Crippen molar-refractivity contribution in [3.05, 3.63) is 90.8 Å². The first kappa shape index (κ1) is 23.2. The molecule has 2 aromatic rings. The first-order valence-corrected chi connectivity index (χ1v) is 9.87. The number of rotatable bonds is 6. The average Bonchev–Trinajstić information content (AvgIpc) is 2.67. The minimum Gasteiger partial charge on any atom is -0.422 e. The van der Waals surface area contributed by atoms with Crippen LogP contribution in [0.2, 0.25) is 30.1 Å². The number of hydrogen-bond donors (Lipinski definition) is 0. The molecule has 0 aliphatic carbocycles. The van der Waals surface area contributed by atoms with E-state index in [1.54, 1.807) is 12.1 Å². The Hall–Kier alpha value is -1.07. The van der Waals surface area contributed by atoms with Crippen LogP contribution < -0.4 is 0 Å². The van der Waals surface area contributed by atoms with Crippen molar-refractivity contribution in [1.82, 2.24) is 0 Å². The molecule has 0 aliphatic rings. The zero-order valence-corrected chi connectivity index (χ0v) is 18.6. The van der Waals surface area contributed by atoms with E-state index in [1.165, 1.54) is 24.3 Å². The first-order chi connectivity index (χ1) is 13.2. The molecular formula is C19H12Cl6O3. The summed E-state index contributed by atoms with van der Waals surface area (Å²) in [5.41, 5.74) is 0.788. The van der Waals surface area contributed by atoms with E-state index in [0.29, 0.717) is 11.1 Å². The standard InChI is InChI=1S/C19H12Cl6O3/c1-3-13(9-5-7-11(20)17(24)15(9)22)27-19(26)28-14(4-2)10-6-8-12(21)18(25)16(10)23/h3-8,13-14H,1-2H2. The molecule has 0 aliphatic heterocycles. The predicted octanol–water partition coefficient (Wildman–Crippen LogP) is 8.91. The molecule has 9 heteroatoms. The molecule has 2 rings (SSSR count). The summed E-state index contributed by atoms with van der Waals surface area (Å²) < 4.78 is 10.6. The first-order valence-electron chi connectivity index (χ1n) is 7.60. The van der Waals surface area contributed by atoms with E-state index in [4.69, 9.17) is 79.1 Å². The Morgan fingerprint density at radius 3 is 1.39 bits per heavy atom. The lowest BCUT2D eigenvalue weighted by molar-refractivity contribution is 0.0205. The second-order valence-electron chi connectivity index (χ2n) is 5.33. The van der Waals surface area contributed by atoms with Gasteiger partial charge >= 0.3 is 6.16 Å². The van der Waals surface area contributed by atoms with Gasteiger partial charge in [-0.25, -0.2) is 4.79 Å². The molecule has 0 saturated carbocycles. The van der Waals surface area contributed by atoms with Gasteiger partial charge in [-0.05, 0) is 24.3 Å². The highest BCUT2D eigenvalue weighted by Gasteiger charge is 2.24. The van der Waals surface area contributed by atoms with Crippen LogP contribution in [0, 0.1) is 0 Å². The Morgan fingerprint density at radius 2 is 1.07 bits per heavy atom. The lowest BCUT2D eigenvalue weighted by Crippen LogP contribution is -2.15. The lowest BCUT2D eigenvalue weighted by Gasteiger charge is -2.20. The highest BCUT2D eigenvalue weighted by Crippen LogP contribution is 2.39. The molecular weight excluding hydrogens is 489 g/mol. The summed E-state index contributed by atoms with van der Waals surface area (Å²) in [7, 11) is 0. The largest absolute Gasteiger partial charge is 0.510 e. The fourth-order valence-electron chi connectivity index (χ4n) is 2.23. The van der Waals surface area contributed by atoms with Crippen LogP contribution in [0.15, 0.2) is 49.6 Å². The van der Waals surface area contributed by atoms with Crippen LogP contribution in [-0.4, -0.2) is 6.16 Å². The third kappa shape index (κ3) is 5.10. The number of carbonyl (C=O) groups is 1. The van der Waals surface area contributed by atoms with Crippen LogP contribution in [0.5, 0.6) is 0 Å². The third-order valence-corrected chi connectivity index (χ3v) is 6.23. The van der Waals surface area contributed by atoms with Gasteiger partial charge < -0.3 is 9.47 Å². The fourth-order valence-corrected chi connectivity index (χ4v) is 3.53. The predicted molar refractivity (Wildman–Crippen MR) is 116 cm³/mol. The van der Waals surface area contributed by atoms with Crippen molar-refractivity contribution >= 4 is 75.8 Å². The Labute approximate surface area is 192 Å². The van der Waals surface area contributed by atoms with E-state index in [2.05, 4.69) is 13.2 Å². The second-order valence-corrected chi connectivity index (χ2v) is 7.65. The number of halogens is 6. The van der Waals surface area contributed by atoms with Crippen LogP contribution in [-0.2, 0) is 9.47 Å². The van der Waals surface area contributed by atoms with Crippen LogP contribution in [0.4, 0.5) is 4.79 Å². The molecule has 2 atom stereocenters. The van der Waals surface area contributed by atoms with Gasteiger partial charge in [0.2, 0.25) is 0 Å². The summed E-state index contributed by atoms with van der Waals surface area (Å²) in [5.74, 6) is 0. The number of carbonyl (C=O) groups excluding carboxylic acids is 1. The van der Waals surface area contributed by atoms with E-state index in [-0.39, 0.29) is 30.1 Å². The van der Waals surface area contributed by atoms with Gasteiger partial charge in [-0.3, -0.25) is 0 Å². The van der Waals surface area contributed by atoms with Crippen LogP contribution in [0.1, 0.15) is 23.3 Å². The monoisotopic (exact) mass is 498 g/mol. The number of benzene rings is 2. The van der Waals surface area contributed by atoms with E-state index < -0.39 is 18.4 Å². The molecule has 2 aromatic carbocycles. The van der Waals surface area contributed by atoms with E-state index in [9.17, 15) is 4.79 Å². The van der Waals surface area contributed by atoms with Crippen molar-refractivity contribution in [3.8, 4) is 0 Å². The van der Waals surface area contributed by atoms with Crippen LogP contribution in [0.25, 0.3) is 0 Å². The fraction of sp³-hybridized carbons (Fsp3) is 0.105. The average molecular weight is 501 g/mol. The summed E-state index contributed by atoms with van der Waals surface area (Å²) in [6.45, 7) is 7.27. The van der Waals surface area contributed by atoms with Gasteiger partial charge in [-0.15, -0.1) is 0 Å². The Balaban J connectivity index is 2.21. The molecule has 0 radical (unpaired) electrons. The van der Waals surface area contributed by atoms with E-state index in [0.717, 1.165) is 0 Å². The molecule has 2 unspecified atom stereocenters. The van der Waals surface area contributed by atoms with Crippen molar-refractivity contribution in [2.75, 3.05) is 0 Å². The van der Waals surface area contributed by atoms with Gasteiger partial charge in [0.1, 0.15) is 12.2 Å². The van der Waals surface area contributed by atoms with Gasteiger partial charge in [0, 0.05) is 11.1 Å². The summed E-state index contributed by atoms with van der Waals surface area (Å²) in [6.07, 6.45) is -0.142. The minimum atomic E-state index is -1.01. The number of ether oxygens (including phenoxy) is 2. The summed E-state index contributed by atoms with van der Waals surface area (Å²) in [5, 5.41) is 1.08. The van der Waals surface area contributed by atoms with Gasteiger partial charge in [0.05, 0.1) is 30.1 Å². The Morgan fingerprint density at radius 1 is 0.714 bits per heavy atom.